The van der Waals surface area contributed by atoms with E-state index in [4.69, 9.17) is 4.74 Å². The lowest BCUT2D eigenvalue weighted by Gasteiger charge is -2.30. The lowest BCUT2D eigenvalue weighted by atomic mass is 9.96. The molecule has 2 heterocycles. The molecule has 3 aromatic carbocycles. The van der Waals surface area contributed by atoms with E-state index in [2.05, 4.69) is 20.5 Å². The first-order valence-electron chi connectivity index (χ1n) is 11.9. The molecule has 0 aliphatic carbocycles. The maximum Gasteiger partial charge on any atom is 0.238 e. The lowest BCUT2D eigenvalue weighted by molar-refractivity contribution is -0.121. The number of nitrogens with zero attached hydrogens (tertiary/aromatic N) is 2. The van der Waals surface area contributed by atoms with Crippen molar-refractivity contribution in [2.24, 2.45) is 5.92 Å². The normalized spacial score (nSPS) is 14.8. The Labute approximate surface area is 208 Å². The quantitative estimate of drug-likeness (QED) is 0.376. The molecular formula is C27H28N4O3S. The highest BCUT2D eigenvalue weighted by molar-refractivity contribution is 7.22. The number of ether oxygens (including phenoxy) is 1. The van der Waals surface area contributed by atoms with Gasteiger partial charge in [-0.15, -0.1) is 0 Å². The minimum Gasteiger partial charge on any atom is -0.494 e. The van der Waals surface area contributed by atoms with E-state index in [9.17, 15) is 9.59 Å². The molecule has 0 saturated carbocycles. The molecule has 1 aliphatic rings. The summed E-state index contributed by atoms with van der Waals surface area (Å²) in [6.07, 6.45) is 1.43. The van der Waals surface area contributed by atoms with Gasteiger partial charge in [-0.2, -0.15) is 0 Å². The molecule has 2 amide bonds. The molecule has 5 rings (SSSR count). The molecule has 0 bridgehead atoms. The van der Waals surface area contributed by atoms with Crippen LogP contribution in [0.1, 0.15) is 19.8 Å². The van der Waals surface area contributed by atoms with Crippen molar-refractivity contribution in [2.45, 2.75) is 19.8 Å². The fraction of sp³-hybridized carbons (Fsp3) is 0.296. The minimum absolute atomic E-state index is 0.00561. The van der Waals surface area contributed by atoms with E-state index >= 15 is 0 Å². The van der Waals surface area contributed by atoms with Crippen LogP contribution in [0.25, 0.3) is 21.0 Å². The number of carbonyl (C=O) groups excluding carboxylic acids is 2. The van der Waals surface area contributed by atoms with Crippen LogP contribution in [0.5, 0.6) is 5.75 Å². The summed E-state index contributed by atoms with van der Waals surface area (Å²) >= 11 is 1.45. The highest BCUT2D eigenvalue weighted by Crippen LogP contribution is 2.30. The maximum atomic E-state index is 12.8. The van der Waals surface area contributed by atoms with Gasteiger partial charge in [-0.25, -0.2) is 4.98 Å². The Morgan fingerprint density at radius 3 is 2.69 bits per heavy atom. The highest BCUT2D eigenvalue weighted by Gasteiger charge is 2.26. The van der Waals surface area contributed by atoms with Crippen LogP contribution in [0, 0.1) is 5.92 Å². The summed E-state index contributed by atoms with van der Waals surface area (Å²) < 4.78 is 6.53. The van der Waals surface area contributed by atoms with Gasteiger partial charge in [0.25, 0.3) is 0 Å². The Morgan fingerprint density at radius 1 is 1.06 bits per heavy atom. The van der Waals surface area contributed by atoms with Crippen molar-refractivity contribution in [2.75, 3.05) is 36.9 Å². The van der Waals surface area contributed by atoms with Crippen LogP contribution in [0.3, 0.4) is 0 Å². The summed E-state index contributed by atoms with van der Waals surface area (Å²) in [5.74, 6) is 0.677. The summed E-state index contributed by atoms with van der Waals surface area (Å²) in [5.41, 5.74) is 1.67. The van der Waals surface area contributed by atoms with Crippen LogP contribution in [-0.2, 0) is 9.59 Å². The predicted molar refractivity (Wildman–Crippen MR) is 141 cm³/mol. The highest BCUT2D eigenvalue weighted by atomic mass is 32.1. The molecule has 0 unspecified atom stereocenters. The molecule has 35 heavy (non-hydrogen) atoms. The summed E-state index contributed by atoms with van der Waals surface area (Å²) in [5, 5.41) is 8.77. The minimum atomic E-state index is -0.0848. The number of benzene rings is 3. The number of thiazole rings is 1. The fourth-order valence-electron chi connectivity index (χ4n) is 4.50. The molecule has 180 valence electrons. The Hall–Kier alpha value is -3.49. The smallest absolute Gasteiger partial charge is 0.238 e. The molecule has 7 nitrogen and oxygen atoms in total. The number of piperidine rings is 1. The van der Waals surface area contributed by atoms with E-state index in [0.29, 0.717) is 44.2 Å². The standard InChI is InChI=1S/C27H28N4O3S/c1-2-34-20-10-11-23-24(16-20)35-27(29-23)30-26(33)19-12-14-31(15-13-19)17-25(32)28-22-9-5-7-18-6-3-4-8-21(18)22/h3-11,16,19H,2,12-15,17H2,1H3,(H,28,32)(H,29,30,33). The number of hydrogen-bond donors (Lipinski definition) is 2. The van der Waals surface area contributed by atoms with Crippen LogP contribution >= 0.6 is 11.3 Å². The van der Waals surface area contributed by atoms with Crippen molar-refractivity contribution in [3.05, 3.63) is 60.7 Å². The first-order chi connectivity index (χ1) is 17.1. The lowest BCUT2D eigenvalue weighted by Crippen LogP contribution is -2.41. The van der Waals surface area contributed by atoms with Crippen molar-refractivity contribution in [3.8, 4) is 5.75 Å². The summed E-state index contributed by atoms with van der Waals surface area (Å²) in [4.78, 5) is 32.2. The number of aromatic nitrogens is 1. The zero-order valence-electron chi connectivity index (χ0n) is 19.6. The van der Waals surface area contributed by atoms with E-state index in [1.807, 2.05) is 67.6 Å². The molecule has 8 heteroatoms. The number of fused-ring (bicyclic) bond motifs is 2. The van der Waals surface area contributed by atoms with Crippen LogP contribution < -0.4 is 15.4 Å². The van der Waals surface area contributed by atoms with Gasteiger partial charge < -0.3 is 15.4 Å². The summed E-state index contributed by atoms with van der Waals surface area (Å²) in [6, 6.07) is 19.7. The summed E-state index contributed by atoms with van der Waals surface area (Å²) in [6.45, 7) is 4.29. The zero-order chi connectivity index (χ0) is 24.2. The molecule has 4 aromatic rings. The first kappa shape index (κ1) is 23.3. The number of carbonyl (C=O) groups is 2. The van der Waals surface area contributed by atoms with Crippen LogP contribution in [-0.4, -0.2) is 47.9 Å². The zero-order valence-corrected chi connectivity index (χ0v) is 20.4. The average Bonchev–Trinajstić information content (AvgIpc) is 3.26. The number of amides is 2. The van der Waals surface area contributed by atoms with Gasteiger partial charge in [0.15, 0.2) is 5.13 Å². The van der Waals surface area contributed by atoms with Gasteiger partial charge in [-0.3, -0.25) is 14.5 Å². The predicted octanol–water partition coefficient (Wildman–Crippen LogP) is 5.14. The van der Waals surface area contributed by atoms with Gasteiger partial charge in [0.05, 0.1) is 23.4 Å². The van der Waals surface area contributed by atoms with Gasteiger partial charge >= 0.3 is 0 Å². The van der Waals surface area contributed by atoms with Gasteiger partial charge in [0, 0.05) is 17.0 Å². The number of rotatable bonds is 7. The largest absolute Gasteiger partial charge is 0.494 e. The number of likely N-dealkylation sites (tertiary alicyclic amines) is 1. The third kappa shape index (κ3) is 5.44. The van der Waals surface area contributed by atoms with Crippen molar-refractivity contribution >= 4 is 55.0 Å². The van der Waals surface area contributed by atoms with E-state index in [0.717, 1.165) is 32.4 Å². The molecule has 1 saturated heterocycles. The van der Waals surface area contributed by atoms with E-state index in [1.165, 1.54) is 11.3 Å². The Morgan fingerprint density at radius 2 is 1.86 bits per heavy atom. The molecule has 2 N–H and O–H groups in total. The van der Waals surface area contributed by atoms with E-state index < -0.39 is 0 Å². The molecule has 1 aromatic heterocycles. The number of anilines is 2. The summed E-state index contributed by atoms with van der Waals surface area (Å²) in [7, 11) is 0. The molecular weight excluding hydrogens is 460 g/mol. The SMILES string of the molecule is CCOc1ccc2nc(NC(=O)C3CCN(CC(=O)Nc4cccc5ccccc45)CC3)sc2c1. The number of nitrogens with one attached hydrogen (secondary N) is 2. The van der Waals surface area contributed by atoms with Crippen LogP contribution in [0.15, 0.2) is 60.7 Å². The third-order valence-electron chi connectivity index (χ3n) is 6.29. The van der Waals surface area contributed by atoms with Gasteiger partial charge in [0.1, 0.15) is 5.75 Å². The Kier molecular flexibility index (Phi) is 6.92. The maximum absolute atomic E-state index is 12.8. The average molecular weight is 489 g/mol. The molecule has 0 radical (unpaired) electrons. The molecule has 0 atom stereocenters. The van der Waals surface area contributed by atoms with Crippen LogP contribution in [0.2, 0.25) is 0 Å². The molecule has 1 aliphatic heterocycles. The van der Waals surface area contributed by atoms with Gasteiger partial charge in [-0.1, -0.05) is 47.7 Å². The van der Waals surface area contributed by atoms with Crippen LogP contribution in [0.4, 0.5) is 10.8 Å². The second-order valence-electron chi connectivity index (χ2n) is 8.70. The van der Waals surface area contributed by atoms with Crippen molar-refractivity contribution in [1.82, 2.24) is 9.88 Å². The Bertz CT molecular complexity index is 1360. The first-order valence-corrected chi connectivity index (χ1v) is 12.7. The fourth-order valence-corrected chi connectivity index (χ4v) is 5.40. The third-order valence-corrected chi connectivity index (χ3v) is 7.22. The van der Waals surface area contributed by atoms with Crippen molar-refractivity contribution in [1.29, 1.82) is 0 Å². The van der Waals surface area contributed by atoms with Gasteiger partial charge in [0.2, 0.25) is 11.8 Å². The van der Waals surface area contributed by atoms with E-state index in [1.54, 1.807) is 0 Å². The van der Waals surface area contributed by atoms with Crippen molar-refractivity contribution < 1.29 is 14.3 Å². The molecule has 0 spiro atoms. The topological polar surface area (TPSA) is 83.6 Å². The second-order valence-corrected chi connectivity index (χ2v) is 9.73. The molecule has 1 fully saturated rings. The second kappa shape index (κ2) is 10.4. The van der Waals surface area contributed by atoms with Crippen molar-refractivity contribution in [3.63, 3.8) is 0 Å². The van der Waals surface area contributed by atoms with Gasteiger partial charge in [-0.05, 0) is 62.5 Å². The number of hydrogen-bond acceptors (Lipinski definition) is 6. The monoisotopic (exact) mass is 488 g/mol. The Balaban J connectivity index is 1.12. The van der Waals surface area contributed by atoms with E-state index in [-0.39, 0.29) is 17.7 Å².